The molecule has 0 atom stereocenters. The molecular weight excluding hydrogens is 324 g/mol. The van der Waals surface area contributed by atoms with Crippen LogP contribution in [0.3, 0.4) is 0 Å². The summed E-state index contributed by atoms with van der Waals surface area (Å²) in [4.78, 5) is 48.4. The summed E-state index contributed by atoms with van der Waals surface area (Å²) in [5, 5.41) is 15.5. The molecule has 3 N–H and O–H groups in total. The van der Waals surface area contributed by atoms with Crippen LogP contribution in [0.1, 0.15) is 17.5 Å². The fraction of sp³-hybridized carbons (Fsp3) is 0.462. The van der Waals surface area contributed by atoms with Crippen molar-refractivity contribution in [3.63, 3.8) is 0 Å². The third kappa shape index (κ3) is 7.58. The van der Waals surface area contributed by atoms with Crippen molar-refractivity contribution in [3.05, 3.63) is 28.0 Å². The average molecular weight is 342 g/mol. The molecule has 0 bridgehead atoms. The van der Waals surface area contributed by atoms with Gasteiger partial charge in [0.2, 0.25) is 0 Å². The number of nitrogens with zero attached hydrogens (tertiary/aromatic N) is 1. The number of hydrogen-bond donors (Lipinski definition) is 3. The Hall–Kier alpha value is -2.63. The van der Waals surface area contributed by atoms with Gasteiger partial charge in [0.15, 0.2) is 11.5 Å². The van der Waals surface area contributed by atoms with Crippen LogP contribution in [0.15, 0.2) is 16.5 Å². The topological polar surface area (TPSA) is 153 Å². The third-order valence-corrected chi connectivity index (χ3v) is 2.57. The average Bonchev–Trinajstić information content (AvgIpc) is 3.01. The number of nitro groups is 1. The third-order valence-electron chi connectivity index (χ3n) is 2.57. The summed E-state index contributed by atoms with van der Waals surface area (Å²) in [6, 6.07) is 2.21. The standard InChI is InChI=1S/C13H18N4O7/c1-9(18)6-16-23-5-4-14-7-10(19)8-15-13(20)11-2-3-12(24-11)17(21)22/h2-3,14,16H,4-8H2,1H3,(H,15,20). The second-order valence-corrected chi connectivity index (χ2v) is 4.66. The summed E-state index contributed by atoms with van der Waals surface area (Å²) < 4.78 is 4.71. The van der Waals surface area contributed by atoms with E-state index in [0.29, 0.717) is 6.54 Å². The maximum atomic E-state index is 11.6. The summed E-state index contributed by atoms with van der Waals surface area (Å²) in [5.74, 6) is -1.86. The lowest BCUT2D eigenvalue weighted by molar-refractivity contribution is -0.402. The Kier molecular flexibility index (Phi) is 8.25. The Labute approximate surface area is 136 Å². The van der Waals surface area contributed by atoms with Crippen LogP contribution < -0.4 is 16.1 Å². The molecule has 0 fully saturated rings. The summed E-state index contributed by atoms with van der Waals surface area (Å²) in [6.07, 6.45) is 0. The summed E-state index contributed by atoms with van der Waals surface area (Å²) in [5.41, 5.74) is 2.45. The first kappa shape index (κ1) is 19.4. The van der Waals surface area contributed by atoms with Gasteiger partial charge in [-0.05, 0) is 13.0 Å². The maximum absolute atomic E-state index is 11.6. The lowest BCUT2D eigenvalue weighted by Crippen LogP contribution is -2.36. The minimum Gasteiger partial charge on any atom is -0.395 e. The Bertz CT molecular complexity index is 599. The number of hydrogen-bond acceptors (Lipinski definition) is 9. The highest BCUT2D eigenvalue weighted by Gasteiger charge is 2.17. The highest BCUT2D eigenvalue weighted by Crippen LogP contribution is 2.15. The Morgan fingerprint density at radius 3 is 2.62 bits per heavy atom. The number of furan rings is 1. The molecule has 0 aliphatic heterocycles. The first-order chi connectivity index (χ1) is 11.4. The van der Waals surface area contributed by atoms with Gasteiger partial charge in [-0.15, -0.1) is 0 Å². The molecule has 132 valence electrons. The molecule has 0 spiro atoms. The minimum atomic E-state index is -0.765. The second kappa shape index (κ2) is 10.2. The van der Waals surface area contributed by atoms with Crippen LogP contribution in [0.25, 0.3) is 0 Å². The molecular formula is C13H18N4O7. The fourth-order valence-corrected chi connectivity index (χ4v) is 1.45. The Morgan fingerprint density at radius 1 is 1.25 bits per heavy atom. The van der Waals surface area contributed by atoms with Gasteiger partial charge in [-0.3, -0.25) is 24.5 Å². The van der Waals surface area contributed by atoms with Gasteiger partial charge in [0, 0.05) is 6.54 Å². The predicted molar refractivity (Wildman–Crippen MR) is 80.2 cm³/mol. The van der Waals surface area contributed by atoms with E-state index < -0.39 is 16.7 Å². The van der Waals surface area contributed by atoms with Crippen LogP contribution in [0.2, 0.25) is 0 Å². The Morgan fingerprint density at radius 2 is 2.00 bits per heavy atom. The number of carbonyl (C=O) groups excluding carboxylic acids is 3. The van der Waals surface area contributed by atoms with Crippen molar-refractivity contribution < 1.29 is 28.6 Å². The molecule has 24 heavy (non-hydrogen) atoms. The van der Waals surface area contributed by atoms with Gasteiger partial charge >= 0.3 is 5.88 Å². The zero-order valence-corrected chi connectivity index (χ0v) is 13.0. The van der Waals surface area contributed by atoms with Gasteiger partial charge in [-0.25, -0.2) is 0 Å². The molecule has 11 nitrogen and oxygen atoms in total. The van der Waals surface area contributed by atoms with Crippen molar-refractivity contribution in [2.24, 2.45) is 0 Å². The van der Waals surface area contributed by atoms with Crippen LogP contribution in [0.5, 0.6) is 0 Å². The first-order valence-corrected chi connectivity index (χ1v) is 6.99. The Balaban J connectivity index is 2.13. The molecule has 1 aromatic rings. The zero-order valence-electron chi connectivity index (χ0n) is 13.0. The van der Waals surface area contributed by atoms with Crippen molar-refractivity contribution in [1.29, 1.82) is 0 Å². The van der Waals surface area contributed by atoms with Crippen molar-refractivity contribution in [3.8, 4) is 0 Å². The van der Waals surface area contributed by atoms with E-state index in [9.17, 15) is 24.5 Å². The molecule has 0 aromatic carbocycles. The second-order valence-electron chi connectivity index (χ2n) is 4.66. The van der Waals surface area contributed by atoms with E-state index in [1.807, 2.05) is 0 Å². The predicted octanol–water partition coefficient (Wildman–Crippen LogP) is -0.813. The molecule has 0 aliphatic rings. The van der Waals surface area contributed by atoms with E-state index in [1.165, 1.54) is 6.92 Å². The van der Waals surface area contributed by atoms with Crippen molar-refractivity contribution in [2.45, 2.75) is 6.92 Å². The largest absolute Gasteiger partial charge is 0.433 e. The molecule has 0 saturated heterocycles. The number of amides is 1. The van der Waals surface area contributed by atoms with E-state index in [2.05, 4.69) is 16.1 Å². The van der Waals surface area contributed by atoms with Crippen LogP contribution >= 0.6 is 0 Å². The number of rotatable bonds is 12. The number of ketones is 2. The summed E-state index contributed by atoms with van der Waals surface area (Å²) in [6.45, 7) is 1.91. The van der Waals surface area contributed by atoms with Gasteiger partial charge < -0.3 is 19.9 Å². The molecule has 1 heterocycles. The number of carbonyl (C=O) groups is 3. The van der Waals surface area contributed by atoms with Gasteiger partial charge in [-0.1, -0.05) is 0 Å². The van der Waals surface area contributed by atoms with E-state index in [1.54, 1.807) is 0 Å². The zero-order chi connectivity index (χ0) is 17.9. The van der Waals surface area contributed by atoms with Gasteiger partial charge in [0.05, 0.1) is 32.3 Å². The molecule has 1 rings (SSSR count). The summed E-state index contributed by atoms with van der Waals surface area (Å²) in [7, 11) is 0. The lowest BCUT2D eigenvalue weighted by atomic mass is 10.3. The molecule has 11 heteroatoms. The van der Waals surface area contributed by atoms with E-state index in [-0.39, 0.29) is 43.6 Å². The van der Waals surface area contributed by atoms with E-state index in [4.69, 9.17) is 9.25 Å². The highest BCUT2D eigenvalue weighted by molar-refractivity contribution is 5.95. The number of hydroxylamine groups is 1. The van der Waals surface area contributed by atoms with E-state index >= 15 is 0 Å². The molecule has 0 radical (unpaired) electrons. The smallest absolute Gasteiger partial charge is 0.395 e. The summed E-state index contributed by atoms with van der Waals surface area (Å²) >= 11 is 0. The van der Waals surface area contributed by atoms with Crippen molar-refractivity contribution in [2.75, 3.05) is 32.8 Å². The van der Waals surface area contributed by atoms with Crippen LogP contribution in [-0.2, 0) is 14.4 Å². The van der Waals surface area contributed by atoms with Crippen LogP contribution in [0.4, 0.5) is 5.88 Å². The van der Waals surface area contributed by atoms with Crippen molar-refractivity contribution in [1.82, 2.24) is 16.1 Å². The highest BCUT2D eigenvalue weighted by atomic mass is 16.7. The van der Waals surface area contributed by atoms with Crippen LogP contribution in [0, 0.1) is 10.1 Å². The van der Waals surface area contributed by atoms with Gasteiger partial charge in [0.25, 0.3) is 5.91 Å². The SMILES string of the molecule is CC(=O)CNOCCNCC(=O)CNC(=O)c1ccc([N+](=O)[O-])o1. The molecule has 1 aromatic heterocycles. The molecule has 1 amide bonds. The van der Waals surface area contributed by atoms with Crippen LogP contribution in [-0.4, -0.2) is 55.2 Å². The normalized spacial score (nSPS) is 10.4. The molecule has 0 saturated carbocycles. The van der Waals surface area contributed by atoms with Gasteiger partial charge in [-0.2, -0.15) is 5.48 Å². The maximum Gasteiger partial charge on any atom is 0.433 e. The fourth-order valence-electron chi connectivity index (χ4n) is 1.45. The molecule has 0 aliphatic carbocycles. The minimum absolute atomic E-state index is 0.00858. The monoisotopic (exact) mass is 342 g/mol. The lowest BCUT2D eigenvalue weighted by Gasteiger charge is -2.06. The van der Waals surface area contributed by atoms with Crippen molar-refractivity contribution >= 4 is 23.4 Å². The van der Waals surface area contributed by atoms with E-state index in [0.717, 1.165) is 12.1 Å². The van der Waals surface area contributed by atoms with Gasteiger partial charge in [0.1, 0.15) is 10.7 Å². The quantitative estimate of drug-likeness (QED) is 0.251. The number of nitrogens with one attached hydrogen (secondary N) is 3. The first-order valence-electron chi connectivity index (χ1n) is 6.99. The molecule has 0 unspecified atom stereocenters. The number of Topliss-reactive ketones (excluding diaryl/α,β-unsaturated/α-hetero) is 2.